The minimum Gasteiger partial charge on any atom is -0.455 e. The van der Waals surface area contributed by atoms with Crippen LogP contribution < -0.4 is 0 Å². The highest BCUT2D eigenvalue weighted by Gasteiger charge is 2.19. The van der Waals surface area contributed by atoms with Gasteiger partial charge in [0.2, 0.25) is 0 Å². The topological polar surface area (TPSA) is 26.0 Å². The van der Waals surface area contributed by atoms with E-state index in [2.05, 4.69) is 45.9 Å². The van der Waals surface area contributed by atoms with Crippen molar-refractivity contribution >= 4 is 32.7 Å². The second-order valence-electron chi connectivity index (χ2n) is 9.08. The fourth-order valence-corrected chi connectivity index (χ4v) is 4.48. The molecule has 2 nitrogen and oxygen atoms in total. The third-order valence-corrected chi connectivity index (χ3v) is 6.03. The number of benzene rings is 3. The fraction of sp³-hybridized carbons (Fsp3) is 0.250. The van der Waals surface area contributed by atoms with Gasteiger partial charge in [0, 0.05) is 27.9 Å². The Kier molecular flexibility index (Phi) is 4.77. The first-order valence-corrected chi connectivity index (χ1v) is 11.0. The lowest BCUT2D eigenvalue weighted by Crippen LogP contribution is -2.00. The summed E-state index contributed by atoms with van der Waals surface area (Å²) in [6, 6.07) is 17.9. The molecule has 5 aromatic rings. The molecule has 5 rings (SSSR count). The normalized spacial score (nSPS) is 12.1. The minimum atomic E-state index is -0.150. The van der Waals surface area contributed by atoms with Crippen molar-refractivity contribution in [1.82, 2.24) is 4.98 Å². The Morgan fingerprint density at radius 2 is 1.68 bits per heavy atom. The van der Waals surface area contributed by atoms with Gasteiger partial charge in [-0.05, 0) is 71.2 Å². The van der Waals surface area contributed by atoms with Gasteiger partial charge in [0.15, 0.2) is 0 Å². The predicted molar refractivity (Wildman–Crippen MR) is 127 cm³/mol. The standard InChI is InChI=1S/C28H26FNO/c1-16(2)13-22-19-11-12-30-27(21(19)9-10-25(22)29)24-15-18(17(3)4)14-23-20-7-5-6-8-26(20)31-28(23)24/h5-12,14-17H,13H2,1-4H3. The summed E-state index contributed by atoms with van der Waals surface area (Å²) in [6.45, 7) is 8.62. The molecule has 0 bridgehead atoms. The number of aromatic nitrogens is 1. The maximum Gasteiger partial charge on any atom is 0.144 e. The molecule has 0 amide bonds. The van der Waals surface area contributed by atoms with Crippen LogP contribution in [0.5, 0.6) is 0 Å². The molecular formula is C28H26FNO. The number of halogens is 1. The minimum absolute atomic E-state index is 0.150. The second-order valence-corrected chi connectivity index (χ2v) is 9.08. The van der Waals surface area contributed by atoms with Crippen molar-refractivity contribution in [1.29, 1.82) is 0 Å². The molecule has 2 aromatic heterocycles. The maximum absolute atomic E-state index is 14.7. The molecule has 0 saturated heterocycles. The highest BCUT2D eigenvalue weighted by molar-refractivity contribution is 6.12. The van der Waals surface area contributed by atoms with Gasteiger partial charge < -0.3 is 4.42 Å². The molecule has 3 heteroatoms. The maximum atomic E-state index is 14.7. The van der Waals surface area contributed by atoms with Crippen LogP contribution in [0.4, 0.5) is 4.39 Å². The zero-order valence-corrected chi connectivity index (χ0v) is 18.4. The van der Waals surface area contributed by atoms with Crippen LogP contribution in [-0.2, 0) is 6.42 Å². The first-order valence-electron chi connectivity index (χ1n) is 11.0. The smallest absolute Gasteiger partial charge is 0.144 e. The van der Waals surface area contributed by atoms with Gasteiger partial charge in [-0.3, -0.25) is 4.98 Å². The molecule has 0 saturated carbocycles. The van der Waals surface area contributed by atoms with Crippen LogP contribution >= 0.6 is 0 Å². The van der Waals surface area contributed by atoms with Crippen LogP contribution in [0.2, 0.25) is 0 Å². The molecular weight excluding hydrogens is 385 g/mol. The molecule has 156 valence electrons. The fourth-order valence-electron chi connectivity index (χ4n) is 4.48. The third-order valence-electron chi connectivity index (χ3n) is 6.03. The van der Waals surface area contributed by atoms with Gasteiger partial charge in [0.1, 0.15) is 17.0 Å². The van der Waals surface area contributed by atoms with Gasteiger partial charge in [0.25, 0.3) is 0 Å². The summed E-state index contributed by atoms with van der Waals surface area (Å²) in [5.74, 6) is 0.576. The number of fused-ring (bicyclic) bond motifs is 4. The number of hydrogen-bond donors (Lipinski definition) is 0. The van der Waals surface area contributed by atoms with E-state index in [0.29, 0.717) is 18.3 Å². The molecule has 0 spiro atoms. The van der Waals surface area contributed by atoms with Crippen LogP contribution in [0, 0.1) is 11.7 Å². The molecule has 31 heavy (non-hydrogen) atoms. The molecule has 0 aliphatic carbocycles. The predicted octanol–water partition coefficient (Wildman–Crippen LogP) is 8.26. The van der Waals surface area contributed by atoms with E-state index in [1.165, 1.54) is 5.56 Å². The van der Waals surface area contributed by atoms with Gasteiger partial charge in [-0.1, -0.05) is 45.9 Å². The Morgan fingerprint density at radius 3 is 2.45 bits per heavy atom. The average molecular weight is 412 g/mol. The van der Waals surface area contributed by atoms with Crippen LogP contribution in [0.25, 0.3) is 44.0 Å². The summed E-state index contributed by atoms with van der Waals surface area (Å²) in [5.41, 5.74) is 5.50. The van der Waals surface area contributed by atoms with E-state index in [1.54, 1.807) is 12.3 Å². The zero-order chi connectivity index (χ0) is 21.7. The number of rotatable bonds is 4. The number of pyridine rings is 1. The SMILES string of the molecule is CC(C)Cc1c(F)ccc2c(-c3cc(C(C)C)cc4c3oc3ccccc34)nccc12. The number of para-hydroxylation sites is 1. The lowest BCUT2D eigenvalue weighted by molar-refractivity contribution is 0.578. The van der Waals surface area contributed by atoms with Gasteiger partial charge in [-0.2, -0.15) is 0 Å². The van der Waals surface area contributed by atoms with Gasteiger partial charge in [0.05, 0.1) is 5.69 Å². The molecule has 0 N–H and O–H groups in total. The molecule has 0 aliphatic rings. The largest absolute Gasteiger partial charge is 0.455 e. The first-order chi connectivity index (χ1) is 14.9. The lowest BCUT2D eigenvalue weighted by atomic mass is 9.92. The summed E-state index contributed by atoms with van der Waals surface area (Å²) in [6.07, 6.45) is 2.48. The van der Waals surface area contributed by atoms with Crippen molar-refractivity contribution in [3.8, 4) is 11.3 Å². The number of hydrogen-bond acceptors (Lipinski definition) is 2. The summed E-state index contributed by atoms with van der Waals surface area (Å²) < 4.78 is 21.1. The van der Waals surface area contributed by atoms with E-state index in [9.17, 15) is 4.39 Å². The van der Waals surface area contributed by atoms with Crippen molar-refractivity contribution in [3.05, 3.63) is 77.7 Å². The Balaban J connectivity index is 1.87. The van der Waals surface area contributed by atoms with Crippen molar-refractivity contribution in [2.75, 3.05) is 0 Å². The second kappa shape index (κ2) is 7.49. The number of furan rings is 1. The summed E-state index contributed by atoms with van der Waals surface area (Å²) in [5, 5.41) is 4.09. The summed E-state index contributed by atoms with van der Waals surface area (Å²) >= 11 is 0. The van der Waals surface area contributed by atoms with E-state index in [1.807, 2.05) is 30.3 Å². The lowest BCUT2D eigenvalue weighted by Gasteiger charge is -2.14. The van der Waals surface area contributed by atoms with Gasteiger partial charge in [-0.15, -0.1) is 0 Å². The molecule has 2 heterocycles. The monoisotopic (exact) mass is 411 g/mol. The van der Waals surface area contributed by atoms with Gasteiger partial charge >= 0.3 is 0 Å². The van der Waals surface area contributed by atoms with Gasteiger partial charge in [-0.25, -0.2) is 4.39 Å². The average Bonchev–Trinajstić information content (AvgIpc) is 3.13. The van der Waals surface area contributed by atoms with Crippen LogP contribution in [0.3, 0.4) is 0 Å². The third kappa shape index (κ3) is 3.29. The molecule has 0 unspecified atom stereocenters. The van der Waals surface area contributed by atoms with Crippen molar-refractivity contribution < 1.29 is 8.81 Å². The molecule has 0 atom stereocenters. The molecule has 0 fully saturated rings. The van der Waals surface area contributed by atoms with E-state index in [0.717, 1.165) is 49.5 Å². The Morgan fingerprint density at radius 1 is 0.871 bits per heavy atom. The van der Waals surface area contributed by atoms with Crippen molar-refractivity contribution in [2.24, 2.45) is 5.92 Å². The highest BCUT2D eigenvalue weighted by Crippen LogP contribution is 2.40. The van der Waals surface area contributed by atoms with Crippen LogP contribution in [0.15, 0.2) is 65.2 Å². The Labute approximate surface area is 181 Å². The summed E-state index contributed by atoms with van der Waals surface area (Å²) in [7, 11) is 0. The molecule has 0 aliphatic heterocycles. The zero-order valence-electron chi connectivity index (χ0n) is 18.4. The first kappa shape index (κ1) is 19.7. The van der Waals surface area contributed by atoms with Crippen molar-refractivity contribution in [2.45, 2.75) is 40.0 Å². The van der Waals surface area contributed by atoms with Crippen molar-refractivity contribution in [3.63, 3.8) is 0 Å². The quantitative estimate of drug-likeness (QED) is 0.297. The van der Waals surface area contributed by atoms with E-state index in [4.69, 9.17) is 9.40 Å². The van der Waals surface area contributed by atoms with Crippen LogP contribution in [-0.4, -0.2) is 4.98 Å². The van der Waals surface area contributed by atoms with E-state index >= 15 is 0 Å². The van der Waals surface area contributed by atoms with Crippen LogP contribution in [0.1, 0.15) is 44.7 Å². The highest BCUT2D eigenvalue weighted by atomic mass is 19.1. The summed E-state index contributed by atoms with van der Waals surface area (Å²) in [4.78, 5) is 4.77. The molecule has 3 aromatic carbocycles. The Bertz CT molecular complexity index is 1430. The van der Waals surface area contributed by atoms with E-state index in [-0.39, 0.29) is 5.82 Å². The van der Waals surface area contributed by atoms with E-state index < -0.39 is 0 Å². The number of nitrogens with zero attached hydrogens (tertiary/aromatic N) is 1. The Hall–Kier alpha value is -3.20. The molecule has 0 radical (unpaired) electrons.